The van der Waals surface area contributed by atoms with Crippen LogP contribution in [0.2, 0.25) is 0 Å². The molecule has 2 rings (SSSR count). The molecule has 1 aliphatic carbocycles. The third-order valence-electron chi connectivity index (χ3n) is 3.11. The summed E-state index contributed by atoms with van der Waals surface area (Å²) in [6.07, 6.45) is 9.35. The van der Waals surface area contributed by atoms with Gasteiger partial charge in [-0.25, -0.2) is 0 Å². The van der Waals surface area contributed by atoms with Crippen LogP contribution in [0.1, 0.15) is 24.8 Å². The smallest absolute Gasteiger partial charge is 0.244 e. The Balaban J connectivity index is 1.91. The van der Waals surface area contributed by atoms with Crippen molar-refractivity contribution in [2.75, 3.05) is 6.61 Å². The highest BCUT2D eigenvalue weighted by atomic mass is 16.3. The summed E-state index contributed by atoms with van der Waals surface area (Å²) < 4.78 is 0. The zero-order valence-corrected chi connectivity index (χ0v) is 9.60. The van der Waals surface area contributed by atoms with Gasteiger partial charge in [-0.1, -0.05) is 6.07 Å². The van der Waals surface area contributed by atoms with E-state index in [0.717, 1.165) is 24.8 Å². The number of aliphatic hydroxyl groups is 1. The zero-order valence-electron chi connectivity index (χ0n) is 9.60. The summed E-state index contributed by atoms with van der Waals surface area (Å²) >= 11 is 0. The Labute approximate surface area is 100 Å². The summed E-state index contributed by atoms with van der Waals surface area (Å²) in [7, 11) is 0. The summed E-state index contributed by atoms with van der Waals surface area (Å²) in [5, 5.41) is 12.1. The Kier molecular flexibility index (Phi) is 3.54. The maximum atomic E-state index is 11.7. The van der Waals surface area contributed by atoms with Gasteiger partial charge in [0.2, 0.25) is 5.91 Å². The van der Waals surface area contributed by atoms with Crippen LogP contribution in [0.5, 0.6) is 0 Å². The van der Waals surface area contributed by atoms with Gasteiger partial charge >= 0.3 is 0 Å². The van der Waals surface area contributed by atoms with Crippen LogP contribution in [-0.2, 0) is 4.79 Å². The Morgan fingerprint density at radius 3 is 2.94 bits per heavy atom. The highest BCUT2D eigenvalue weighted by Crippen LogP contribution is 2.31. The van der Waals surface area contributed by atoms with Crippen LogP contribution in [0.15, 0.2) is 30.6 Å². The molecule has 0 saturated heterocycles. The molecule has 0 bridgehead atoms. The lowest BCUT2D eigenvalue weighted by atomic mass is 9.77. The number of aliphatic hydroxyl groups excluding tert-OH is 1. The van der Waals surface area contributed by atoms with Crippen LogP contribution >= 0.6 is 0 Å². The molecule has 0 aromatic carbocycles. The molecular weight excluding hydrogens is 216 g/mol. The lowest BCUT2D eigenvalue weighted by Gasteiger charge is -2.40. The molecule has 0 aliphatic heterocycles. The first-order valence-electron chi connectivity index (χ1n) is 5.75. The van der Waals surface area contributed by atoms with E-state index in [2.05, 4.69) is 10.3 Å². The van der Waals surface area contributed by atoms with E-state index in [4.69, 9.17) is 0 Å². The Bertz CT molecular complexity index is 405. The lowest BCUT2D eigenvalue weighted by Crippen LogP contribution is -2.55. The Hall–Kier alpha value is -1.68. The van der Waals surface area contributed by atoms with Crippen molar-refractivity contribution in [1.29, 1.82) is 0 Å². The van der Waals surface area contributed by atoms with Crippen molar-refractivity contribution in [2.45, 2.75) is 24.8 Å². The molecule has 1 aromatic rings. The quantitative estimate of drug-likeness (QED) is 0.765. The van der Waals surface area contributed by atoms with Crippen molar-refractivity contribution in [1.82, 2.24) is 10.3 Å². The molecule has 0 radical (unpaired) electrons. The van der Waals surface area contributed by atoms with Gasteiger partial charge in [-0.3, -0.25) is 9.78 Å². The molecule has 1 fully saturated rings. The van der Waals surface area contributed by atoms with Crippen LogP contribution in [0, 0.1) is 0 Å². The van der Waals surface area contributed by atoms with Crippen LogP contribution < -0.4 is 5.32 Å². The van der Waals surface area contributed by atoms with Gasteiger partial charge in [0.25, 0.3) is 0 Å². The maximum Gasteiger partial charge on any atom is 0.244 e. The molecule has 1 aliphatic rings. The molecule has 17 heavy (non-hydrogen) atoms. The number of hydrogen-bond donors (Lipinski definition) is 2. The molecule has 0 spiro atoms. The summed E-state index contributed by atoms with van der Waals surface area (Å²) in [5.41, 5.74) is 0.505. The van der Waals surface area contributed by atoms with Crippen LogP contribution in [-0.4, -0.2) is 28.1 Å². The summed E-state index contributed by atoms with van der Waals surface area (Å²) in [6.45, 7) is 0.0134. The van der Waals surface area contributed by atoms with E-state index in [1.54, 1.807) is 18.5 Å². The fraction of sp³-hybridized carbons (Fsp3) is 0.385. The van der Waals surface area contributed by atoms with Gasteiger partial charge in [-0.05, 0) is 37.0 Å². The molecule has 1 heterocycles. The number of hydrogen-bond acceptors (Lipinski definition) is 3. The standard InChI is InChI=1S/C13H16N2O2/c16-10-13(6-2-7-13)15-12(17)5-4-11-3-1-8-14-9-11/h1,3-5,8-9,16H,2,6-7,10H2,(H,15,17)/b5-4+. The van der Waals surface area contributed by atoms with Crippen LogP contribution in [0.3, 0.4) is 0 Å². The van der Waals surface area contributed by atoms with Gasteiger partial charge in [-0.2, -0.15) is 0 Å². The monoisotopic (exact) mass is 232 g/mol. The third kappa shape index (κ3) is 2.91. The third-order valence-corrected chi connectivity index (χ3v) is 3.11. The lowest BCUT2D eigenvalue weighted by molar-refractivity contribution is -0.120. The number of rotatable bonds is 4. The van der Waals surface area contributed by atoms with E-state index in [9.17, 15) is 9.90 Å². The SMILES string of the molecule is O=C(/C=C/c1cccnc1)NC1(CO)CCC1. The first-order chi connectivity index (χ1) is 8.24. The maximum absolute atomic E-state index is 11.7. The van der Waals surface area contributed by atoms with Crippen LogP contribution in [0.25, 0.3) is 6.08 Å². The fourth-order valence-corrected chi connectivity index (χ4v) is 1.88. The van der Waals surface area contributed by atoms with Gasteiger partial charge in [0.05, 0.1) is 12.1 Å². The molecule has 90 valence electrons. The fourth-order valence-electron chi connectivity index (χ4n) is 1.88. The minimum Gasteiger partial charge on any atom is -0.394 e. The first-order valence-corrected chi connectivity index (χ1v) is 5.75. The van der Waals surface area contributed by atoms with Crippen molar-refractivity contribution >= 4 is 12.0 Å². The van der Waals surface area contributed by atoms with Gasteiger partial charge in [0, 0.05) is 18.5 Å². The molecule has 1 aromatic heterocycles. The van der Waals surface area contributed by atoms with Gasteiger partial charge in [0.15, 0.2) is 0 Å². The second-order valence-corrected chi connectivity index (χ2v) is 4.40. The highest BCUT2D eigenvalue weighted by molar-refractivity contribution is 5.92. The van der Waals surface area contributed by atoms with E-state index in [0.29, 0.717) is 0 Å². The number of nitrogens with one attached hydrogen (secondary N) is 1. The zero-order chi connectivity index (χ0) is 12.1. The number of aromatic nitrogens is 1. The van der Waals surface area contributed by atoms with Crippen molar-refractivity contribution < 1.29 is 9.90 Å². The molecule has 0 atom stereocenters. The molecule has 4 heteroatoms. The first kappa shape index (κ1) is 11.8. The molecule has 4 nitrogen and oxygen atoms in total. The summed E-state index contributed by atoms with van der Waals surface area (Å²) in [6, 6.07) is 3.70. The minimum absolute atomic E-state index is 0.0134. The minimum atomic E-state index is -0.379. The van der Waals surface area contributed by atoms with E-state index >= 15 is 0 Å². The summed E-state index contributed by atoms with van der Waals surface area (Å²) in [4.78, 5) is 15.6. The van der Waals surface area contributed by atoms with Crippen molar-refractivity contribution in [3.05, 3.63) is 36.2 Å². The molecule has 1 saturated carbocycles. The number of pyridine rings is 1. The number of amides is 1. The van der Waals surface area contributed by atoms with Crippen molar-refractivity contribution in [3.63, 3.8) is 0 Å². The van der Waals surface area contributed by atoms with Gasteiger partial charge < -0.3 is 10.4 Å². The molecule has 0 unspecified atom stereocenters. The van der Waals surface area contributed by atoms with E-state index in [1.807, 2.05) is 12.1 Å². The molecule has 1 amide bonds. The molecular formula is C13H16N2O2. The largest absolute Gasteiger partial charge is 0.394 e. The number of carbonyl (C=O) groups excluding carboxylic acids is 1. The predicted molar refractivity (Wildman–Crippen MR) is 65.1 cm³/mol. The Morgan fingerprint density at radius 1 is 1.59 bits per heavy atom. The predicted octanol–water partition coefficient (Wildman–Crippen LogP) is 1.13. The topological polar surface area (TPSA) is 62.2 Å². The van der Waals surface area contributed by atoms with Gasteiger partial charge in [0.1, 0.15) is 0 Å². The van der Waals surface area contributed by atoms with E-state index in [-0.39, 0.29) is 18.1 Å². The van der Waals surface area contributed by atoms with Crippen LogP contribution in [0.4, 0.5) is 0 Å². The van der Waals surface area contributed by atoms with Crippen molar-refractivity contribution in [3.8, 4) is 0 Å². The second kappa shape index (κ2) is 5.10. The highest BCUT2D eigenvalue weighted by Gasteiger charge is 2.37. The normalized spacial score (nSPS) is 17.7. The Morgan fingerprint density at radius 2 is 2.41 bits per heavy atom. The summed E-state index contributed by atoms with van der Waals surface area (Å²) in [5.74, 6) is -0.164. The van der Waals surface area contributed by atoms with Crippen molar-refractivity contribution in [2.24, 2.45) is 0 Å². The average molecular weight is 232 g/mol. The number of nitrogens with zero attached hydrogens (tertiary/aromatic N) is 1. The number of carbonyl (C=O) groups is 1. The van der Waals surface area contributed by atoms with E-state index < -0.39 is 0 Å². The average Bonchev–Trinajstić information content (AvgIpc) is 2.33. The molecule has 2 N–H and O–H groups in total. The van der Waals surface area contributed by atoms with Gasteiger partial charge in [-0.15, -0.1) is 0 Å². The second-order valence-electron chi connectivity index (χ2n) is 4.40. The van der Waals surface area contributed by atoms with E-state index in [1.165, 1.54) is 6.08 Å².